The molecule has 9 nitrogen and oxygen atoms in total. The zero-order chi connectivity index (χ0) is 18.7. The first kappa shape index (κ1) is 20.2. The molecular weight excluding hydrogens is 332 g/mol. The fourth-order valence-corrected chi connectivity index (χ4v) is 2.48. The predicted octanol–water partition coefficient (Wildman–Crippen LogP) is -1.64. The smallest absolute Gasteiger partial charge is 0.375 e. The average Bonchev–Trinajstić information content (AvgIpc) is 2.53. The van der Waals surface area contributed by atoms with E-state index >= 15 is 0 Å². The Bertz CT molecular complexity index is 508. The van der Waals surface area contributed by atoms with Crippen LogP contribution in [-0.2, 0) is 19.1 Å². The largest absolute Gasteiger partial charge is 0.462 e. The van der Waals surface area contributed by atoms with E-state index in [-0.39, 0.29) is 6.61 Å². The van der Waals surface area contributed by atoms with Crippen LogP contribution in [0, 0.1) is 11.3 Å². The van der Waals surface area contributed by atoms with Gasteiger partial charge in [0.15, 0.2) is 17.9 Å². The van der Waals surface area contributed by atoms with E-state index in [1.807, 2.05) is 0 Å². The number of guanidine groups is 1. The minimum Gasteiger partial charge on any atom is -0.462 e. The summed E-state index contributed by atoms with van der Waals surface area (Å²) in [5.41, 5.74) is 5.14. The average molecular weight is 353 g/mol. The second kappa shape index (κ2) is 7.81. The van der Waals surface area contributed by atoms with Crippen LogP contribution in [-0.4, -0.2) is 71.4 Å². The molecule has 24 heavy (non-hydrogen) atoms. The van der Waals surface area contributed by atoms with Crippen molar-refractivity contribution in [2.24, 2.45) is 11.7 Å². The first-order valence-corrected chi connectivity index (χ1v) is 7.20. The van der Waals surface area contributed by atoms with Crippen molar-refractivity contribution >= 4 is 17.7 Å². The molecule has 138 valence electrons. The summed E-state index contributed by atoms with van der Waals surface area (Å²) < 4.78 is 38.7. The maximum Gasteiger partial charge on any atom is 0.375 e. The van der Waals surface area contributed by atoms with Crippen LogP contribution in [0.4, 0.5) is 8.78 Å². The van der Waals surface area contributed by atoms with E-state index in [1.165, 1.54) is 13.8 Å². The van der Waals surface area contributed by atoms with Gasteiger partial charge in [-0.15, -0.1) is 0 Å². The Balaban J connectivity index is 3.24. The third kappa shape index (κ3) is 3.79. The van der Waals surface area contributed by atoms with Crippen LogP contribution in [0.3, 0.4) is 0 Å². The highest BCUT2D eigenvalue weighted by atomic mass is 19.2. The van der Waals surface area contributed by atoms with Gasteiger partial charge in [-0.3, -0.25) is 10.2 Å². The van der Waals surface area contributed by atoms with Gasteiger partial charge in [0.2, 0.25) is 0 Å². The quantitative estimate of drug-likeness (QED) is 0.216. The van der Waals surface area contributed by atoms with Crippen LogP contribution in [0.1, 0.15) is 13.8 Å². The van der Waals surface area contributed by atoms with Crippen LogP contribution in [0.25, 0.3) is 0 Å². The van der Waals surface area contributed by atoms with E-state index in [2.05, 4.69) is 10.1 Å². The number of alkyl halides is 2. The van der Waals surface area contributed by atoms with Gasteiger partial charge in [0.05, 0.1) is 18.8 Å². The lowest BCUT2D eigenvalue weighted by Crippen LogP contribution is -2.68. The van der Waals surface area contributed by atoms with Gasteiger partial charge in [-0.05, 0) is 6.92 Å². The summed E-state index contributed by atoms with van der Waals surface area (Å²) in [5, 5.41) is 28.0. The van der Waals surface area contributed by atoms with Crippen molar-refractivity contribution in [2.45, 2.75) is 44.1 Å². The van der Waals surface area contributed by atoms with Crippen LogP contribution in [0.2, 0.25) is 0 Å². The molecule has 6 atom stereocenters. The summed E-state index contributed by atoms with van der Waals surface area (Å²) in [5.74, 6) is -8.17. The number of carbonyl (C=O) groups is 2. The van der Waals surface area contributed by atoms with E-state index in [0.717, 1.165) is 0 Å². The molecule has 0 aromatic heterocycles. The summed E-state index contributed by atoms with van der Waals surface area (Å²) in [7, 11) is 0. The van der Waals surface area contributed by atoms with Crippen molar-refractivity contribution in [3.63, 3.8) is 0 Å². The van der Waals surface area contributed by atoms with Crippen molar-refractivity contribution < 1.29 is 38.1 Å². The monoisotopic (exact) mass is 353 g/mol. The van der Waals surface area contributed by atoms with E-state index in [0.29, 0.717) is 0 Å². The Hall–Kier alpha value is -1.85. The molecule has 0 bridgehead atoms. The molecule has 1 aliphatic rings. The van der Waals surface area contributed by atoms with Gasteiger partial charge in [0.25, 0.3) is 0 Å². The molecule has 1 saturated heterocycles. The number of nitrogens with two attached hydrogens (primary N) is 1. The number of nitrogens with one attached hydrogen (secondary N) is 2. The van der Waals surface area contributed by atoms with Crippen molar-refractivity contribution in [1.29, 1.82) is 5.41 Å². The fraction of sp³-hybridized carbons (Fsp3) is 0.769. The molecule has 0 aromatic rings. The van der Waals surface area contributed by atoms with E-state index in [1.54, 1.807) is 0 Å². The third-order valence-electron chi connectivity index (χ3n) is 3.74. The molecule has 1 aliphatic heterocycles. The Morgan fingerprint density at radius 3 is 2.58 bits per heavy atom. The molecule has 0 aliphatic carbocycles. The normalized spacial score (nSPS) is 34.2. The Morgan fingerprint density at radius 2 is 2.12 bits per heavy atom. The summed E-state index contributed by atoms with van der Waals surface area (Å²) in [6.45, 7) is 1.35. The van der Waals surface area contributed by atoms with Crippen LogP contribution in [0.15, 0.2) is 0 Å². The number of carbonyl (C=O) groups excluding carboxylic acids is 2. The molecule has 1 heterocycles. The second-order valence-corrected chi connectivity index (χ2v) is 5.36. The summed E-state index contributed by atoms with van der Waals surface area (Å²) in [6, 6.07) is -1.56. The first-order chi connectivity index (χ1) is 11.1. The maximum atomic E-state index is 14.9. The van der Waals surface area contributed by atoms with E-state index in [4.69, 9.17) is 21.0 Å². The molecule has 0 saturated carbocycles. The Kier molecular flexibility index (Phi) is 6.58. The molecule has 0 spiro atoms. The lowest BCUT2D eigenvalue weighted by atomic mass is 9.82. The maximum absolute atomic E-state index is 14.9. The van der Waals surface area contributed by atoms with Gasteiger partial charge in [0.1, 0.15) is 12.7 Å². The van der Waals surface area contributed by atoms with Crippen molar-refractivity contribution in [3.05, 3.63) is 0 Å². The second-order valence-electron chi connectivity index (χ2n) is 5.36. The molecule has 0 aromatic carbocycles. The first-order valence-electron chi connectivity index (χ1n) is 7.20. The minimum absolute atomic E-state index is 0.260. The van der Waals surface area contributed by atoms with Crippen molar-refractivity contribution in [2.75, 3.05) is 13.2 Å². The van der Waals surface area contributed by atoms with Gasteiger partial charge in [-0.25, -0.2) is 9.18 Å². The molecule has 0 amide bonds. The highest BCUT2D eigenvalue weighted by molar-refractivity contribution is 5.85. The van der Waals surface area contributed by atoms with Crippen LogP contribution < -0.4 is 11.1 Å². The molecule has 11 heteroatoms. The van der Waals surface area contributed by atoms with E-state index < -0.39 is 60.5 Å². The summed E-state index contributed by atoms with van der Waals surface area (Å²) in [6.07, 6.45) is -6.32. The van der Waals surface area contributed by atoms with Gasteiger partial charge < -0.3 is 30.7 Å². The van der Waals surface area contributed by atoms with Gasteiger partial charge >= 0.3 is 11.8 Å². The topological polar surface area (TPSA) is 155 Å². The van der Waals surface area contributed by atoms with Crippen LogP contribution in [0.5, 0.6) is 0 Å². The number of Topliss-reactive ketones (excluding diaryl/α,β-unsaturated/α-hetero) is 1. The number of ether oxygens (including phenoxy) is 2. The molecule has 6 unspecified atom stereocenters. The zero-order valence-corrected chi connectivity index (χ0v) is 13.2. The van der Waals surface area contributed by atoms with Gasteiger partial charge in [-0.2, -0.15) is 4.39 Å². The third-order valence-corrected chi connectivity index (χ3v) is 3.74. The Labute approximate surface area is 136 Å². The van der Waals surface area contributed by atoms with Gasteiger partial charge in [0, 0.05) is 5.92 Å². The summed E-state index contributed by atoms with van der Waals surface area (Å²) >= 11 is 0. The SMILES string of the molecule is CCOC(=O)C1(F)OC(C(O)C(=O)CO)C(C)C(NC(=N)N)C1F. The van der Waals surface area contributed by atoms with Crippen molar-refractivity contribution in [3.8, 4) is 0 Å². The number of halogens is 2. The highest BCUT2D eigenvalue weighted by Crippen LogP contribution is 2.38. The molecule has 1 fully saturated rings. The summed E-state index contributed by atoms with van der Waals surface area (Å²) in [4.78, 5) is 23.3. The highest BCUT2D eigenvalue weighted by Gasteiger charge is 2.62. The number of hydrogen-bond donors (Lipinski definition) is 5. The Morgan fingerprint density at radius 1 is 1.54 bits per heavy atom. The number of esters is 1. The fourth-order valence-electron chi connectivity index (χ4n) is 2.48. The molecule has 1 rings (SSSR count). The zero-order valence-electron chi connectivity index (χ0n) is 13.2. The number of hydrogen-bond acceptors (Lipinski definition) is 7. The number of rotatable bonds is 6. The lowest BCUT2D eigenvalue weighted by molar-refractivity contribution is -0.277. The van der Waals surface area contributed by atoms with Gasteiger partial charge in [-0.1, -0.05) is 6.92 Å². The molecular formula is C13H21F2N3O6. The number of aliphatic hydroxyl groups excluding tert-OH is 2. The lowest BCUT2D eigenvalue weighted by Gasteiger charge is -2.45. The van der Waals surface area contributed by atoms with Crippen molar-refractivity contribution in [1.82, 2.24) is 5.32 Å². The number of ketones is 1. The number of aliphatic hydroxyl groups is 2. The standard InChI is InChI=1S/C13H21F2N3O6/c1-3-23-11(22)13(15)10(14)7(18-12(16)17)5(2)9(24-13)8(21)6(20)4-19/h5,7-10,19,21H,3-4H2,1-2H3,(H4,16,17,18). The molecule has 6 N–H and O–H groups in total. The predicted molar refractivity (Wildman–Crippen MR) is 76.3 cm³/mol. The van der Waals surface area contributed by atoms with Crippen LogP contribution >= 0.6 is 0 Å². The molecule has 0 radical (unpaired) electrons. The minimum atomic E-state index is -3.61. The van der Waals surface area contributed by atoms with E-state index in [9.17, 15) is 23.5 Å².